The summed E-state index contributed by atoms with van der Waals surface area (Å²) < 4.78 is 16.0. The Kier molecular flexibility index (Phi) is 6.09. The second-order valence-corrected chi connectivity index (χ2v) is 9.83. The van der Waals surface area contributed by atoms with E-state index in [1.54, 1.807) is 0 Å². The number of halogens is 1. The van der Waals surface area contributed by atoms with Crippen molar-refractivity contribution in [2.24, 2.45) is 4.99 Å². The zero-order valence-electron chi connectivity index (χ0n) is 20.5. The Morgan fingerprint density at radius 3 is 2.58 bits per heavy atom. The van der Waals surface area contributed by atoms with Crippen molar-refractivity contribution in [1.29, 1.82) is 0 Å². The van der Waals surface area contributed by atoms with Gasteiger partial charge in [0.15, 0.2) is 0 Å². The Morgan fingerprint density at radius 2 is 1.78 bits per heavy atom. The van der Waals surface area contributed by atoms with Crippen LogP contribution in [0.4, 0.5) is 15.8 Å². The average molecular weight is 480 g/mol. The molecule has 1 aliphatic heterocycles. The fourth-order valence-electron chi connectivity index (χ4n) is 5.31. The molecule has 0 amide bonds. The van der Waals surface area contributed by atoms with Crippen molar-refractivity contribution in [3.8, 4) is 17.1 Å². The second kappa shape index (κ2) is 9.69. The van der Waals surface area contributed by atoms with Gasteiger partial charge < -0.3 is 9.88 Å². The molecule has 0 saturated heterocycles. The smallest absolute Gasteiger partial charge is 0.123 e. The predicted octanol–water partition coefficient (Wildman–Crippen LogP) is 5.15. The number of hydrogen-bond acceptors (Lipinski definition) is 4. The number of hydrogen-bond donors (Lipinski definition) is 1. The highest BCUT2D eigenvalue weighted by molar-refractivity contribution is 5.70. The Bertz CT molecular complexity index is 1560. The number of benzene rings is 2. The molecule has 1 aromatic heterocycles. The summed E-state index contributed by atoms with van der Waals surface area (Å²) in [6.45, 7) is 2.04. The molecule has 0 atom stereocenters. The third-order valence-corrected chi connectivity index (χ3v) is 7.06. The molecule has 2 heterocycles. The molecule has 36 heavy (non-hydrogen) atoms. The first-order valence-electron chi connectivity index (χ1n) is 12.9. The van der Waals surface area contributed by atoms with E-state index in [-0.39, 0.29) is 5.82 Å². The molecule has 4 aliphatic rings. The quantitative estimate of drug-likeness (QED) is 0.440. The number of aryl methyl sites for hydroxylation is 1. The van der Waals surface area contributed by atoms with Crippen LogP contribution in [-0.2, 0) is 0 Å². The van der Waals surface area contributed by atoms with Gasteiger partial charge in [0.25, 0.3) is 0 Å². The zero-order chi connectivity index (χ0) is 24.5. The third kappa shape index (κ3) is 4.55. The number of fused-ring (bicyclic) bond motifs is 2. The van der Waals surface area contributed by atoms with E-state index in [2.05, 4.69) is 45.2 Å². The van der Waals surface area contributed by atoms with E-state index < -0.39 is 0 Å². The van der Waals surface area contributed by atoms with Gasteiger partial charge in [-0.05, 0) is 80.6 Å². The Hall–Kier alpha value is -3.80. The first kappa shape index (κ1) is 22.7. The van der Waals surface area contributed by atoms with Gasteiger partial charge in [-0.15, -0.1) is 0 Å². The topological polar surface area (TPSA) is 55.1 Å². The molecule has 1 fully saturated rings. The summed E-state index contributed by atoms with van der Waals surface area (Å²) >= 11 is 0. The number of rotatable bonds is 4. The predicted molar refractivity (Wildman–Crippen MR) is 142 cm³/mol. The minimum absolute atomic E-state index is 0.242. The van der Waals surface area contributed by atoms with Crippen LogP contribution >= 0.6 is 0 Å². The van der Waals surface area contributed by atoms with Crippen molar-refractivity contribution in [2.75, 3.05) is 5.32 Å². The second-order valence-electron chi connectivity index (χ2n) is 9.83. The lowest BCUT2D eigenvalue weighted by atomic mass is 9.96. The fraction of sp³-hybridized carbons (Fsp3) is 0.300. The van der Waals surface area contributed by atoms with Crippen LogP contribution in [0.1, 0.15) is 50.5 Å². The van der Waals surface area contributed by atoms with Crippen molar-refractivity contribution < 1.29 is 4.39 Å². The molecule has 0 bridgehead atoms. The van der Waals surface area contributed by atoms with E-state index in [4.69, 9.17) is 9.98 Å². The van der Waals surface area contributed by atoms with Gasteiger partial charge in [0.1, 0.15) is 5.82 Å². The monoisotopic (exact) mass is 479 g/mol. The van der Waals surface area contributed by atoms with Crippen LogP contribution in [0.25, 0.3) is 29.2 Å². The molecule has 1 N–H and O–H groups in total. The largest absolute Gasteiger partial charge is 0.352 e. The number of nitrogens with zero attached hydrogens (tertiary/aromatic N) is 4. The number of aromatic nitrogens is 3. The summed E-state index contributed by atoms with van der Waals surface area (Å²) in [6, 6.07) is 13.3. The van der Waals surface area contributed by atoms with Crippen LogP contribution in [0.15, 0.2) is 59.9 Å². The van der Waals surface area contributed by atoms with Gasteiger partial charge in [0.2, 0.25) is 0 Å². The van der Waals surface area contributed by atoms with Gasteiger partial charge in [-0.3, -0.25) is 9.98 Å². The SMILES string of the molecule is Cc1cncc(Nc2cc3nc4c(n(-c5ccc(F)cc5)c-3cc2=NC2CCCCC2)=CCCC=4)c1. The highest BCUT2D eigenvalue weighted by Gasteiger charge is 2.18. The lowest BCUT2D eigenvalue weighted by molar-refractivity contribution is 0.437. The van der Waals surface area contributed by atoms with Gasteiger partial charge in [-0.1, -0.05) is 31.4 Å². The Labute approximate surface area is 210 Å². The van der Waals surface area contributed by atoms with Crippen LogP contribution in [0.5, 0.6) is 0 Å². The number of anilines is 2. The number of nitrogens with one attached hydrogen (secondary N) is 1. The first-order valence-corrected chi connectivity index (χ1v) is 12.9. The minimum atomic E-state index is -0.242. The third-order valence-electron chi connectivity index (χ3n) is 7.06. The van der Waals surface area contributed by atoms with Crippen molar-refractivity contribution in [1.82, 2.24) is 14.5 Å². The summed E-state index contributed by atoms with van der Waals surface area (Å²) in [5, 5.41) is 6.50. The van der Waals surface area contributed by atoms with Crippen molar-refractivity contribution in [3.63, 3.8) is 0 Å². The molecule has 6 heteroatoms. The lowest BCUT2D eigenvalue weighted by Gasteiger charge is -2.21. The van der Waals surface area contributed by atoms with Crippen molar-refractivity contribution >= 4 is 23.5 Å². The fourth-order valence-corrected chi connectivity index (χ4v) is 5.31. The van der Waals surface area contributed by atoms with Crippen molar-refractivity contribution in [3.05, 3.63) is 82.3 Å². The van der Waals surface area contributed by atoms with Crippen LogP contribution < -0.4 is 21.4 Å². The summed E-state index contributed by atoms with van der Waals surface area (Å²) in [6.07, 6.45) is 16.0. The first-order chi connectivity index (χ1) is 17.6. The van der Waals surface area contributed by atoms with E-state index in [0.717, 1.165) is 75.8 Å². The van der Waals surface area contributed by atoms with E-state index >= 15 is 0 Å². The lowest BCUT2D eigenvalue weighted by Crippen LogP contribution is -2.40. The normalized spacial score (nSPS) is 16.3. The molecule has 5 nitrogen and oxygen atoms in total. The van der Waals surface area contributed by atoms with E-state index in [9.17, 15) is 4.39 Å². The molecule has 0 spiro atoms. The molecule has 2 aromatic rings. The van der Waals surface area contributed by atoms with Gasteiger partial charge in [-0.25, -0.2) is 9.37 Å². The summed E-state index contributed by atoms with van der Waals surface area (Å²) in [5.41, 5.74) is 5.71. The zero-order valence-corrected chi connectivity index (χ0v) is 20.5. The minimum Gasteiger partial charge on any atom is -0.352 e. The molecule has 3 aliphatic carbocycles. The summed E-state index contributed by atoms with van der Waals surface area (Å²) in [5.74, 6) is -0.242. The maximum Gasteiger partial charge on any atom is 0.123 e. The molecular formula is C30H30FN5. The molecule has 1 saturated carbocycles. The standard InChI is InChI=1S/C30H30FN5/c1-20-15-23(19-32-18-20)34-26-16-28-30(17-27(26)33-22-7-3-2-4-8-22)36(24-13-11-21(31)12-14-24)29-10-6-5-9-25(29)35-28/h9-19,22,34H,2-8H2,1H3. The van der Waals surface area contributed by atoms with Crippen LogP contribution in [0.3, 0.4) is 0 Å². The molecule has 182 valence electrons. The van der Waals surface area contributed by atoms with Gasteiger partial charge in [0.05, 0.1) is 51.1 Å². The van der Waals surface area contributed by atoms with E-state index in [1.807, 2.05) is 31.5 Å². The highest BCUT2D eigenvalue weighted by atomic mass is 19.1. The van der Waals surface area contributed by atoms with Gasteiger partial charge in [0, 0.05) is 11.9 Å². The molecule has 0 unspecified atom stereocenters. The average Bonchev–Trinajstić information content (AvgIpc) is 2.89. The molecular weight excluding hydrogens is 449 g/mol. The molecule has 0 radical (unpaired) electrons. The Morgan fingerprint density at radius 1 is 0.972 bits per heavy atom. The highest BCUT2D eigenvalue weighted by Crippen LogP contribution is 2.25. The molecule has 1 aromatic carbocycles. The van der Waals surface area contributed by atoms with E-state index in [0.29, 0.717) is 6.04 Å². The summed E-state index contributed by atoms with van der Waals surface area (Å²) in [7, 11) is 0. The van der Waals surface area contributed by atoms with Crippen LogP contribution in [0, 0.1) is 12.7 Å². The van der Waals surface area contributed by atoms with Crippen molar-refractivity contribution in [2.45, 2.75) is 57.9 Å². The van der Waals surface area contributed by atoms with Gasteiger partial charge in [-0.2, -0.15) is 0 Å². The maximum atomic E-state index is 13.8. The van der Waals surface area contributed by atoms with Crippen LogP contribution in [0.2, 0.25) is 0 Å². The Balaban J connectivity index is 1.62. The van der Waals surface area contributed by atoms with E-state index in [1.165, 1.54) is 31.4 Å². The van der Waals surface area contributed by atoms with Gasteiger partial charge >= 0.3 is 0 Å². The van der Waals surface area contributed by atoms with Crippen LogP contribution in [-0.4, -0.2) is 20.6 Å². The number of pyridine rings is 1. The molecule has 6 rings (SSSR count). The maximum absolute atomic E-state index is 13.8. The summed E-state index contributed by atoms with van der Waals surface area (Å²) in [4.78, 5) is 14.6.